The van der Waals surface area contributed by atoms with Crippen LogP contribution in [0.3, 0.4) is 0 Å². The van der Waals surface area contributed by atoms with Crippen LogP contribution in [0.25, 0.3) is 0 Å². The summed E-state index contributed by atoms with van der Waals surface area (Å²) in [5.74, 6) is 0.891. The molecule has 0 aromatic heterocycles. The SMILES string of the molecule is CC(C)(C)C1C2OC21. The van der Waals surface area contributed by atoms with Gasteiger partial charge in [-0.1, -0.05) is 20.8 Å². The Morgan fingerprint density at radius 2 is 1.62 bits per heavy atom. The van der Waals surface area contributed by atoms with Gasteiger partial charge in [-0.05, 0) is 5.41 Å². The lowest BCUT2D eigenvalue weighted by Gasteiger charge is -2.20. The van der Waals surface area contributed by atoms with Crippen molar-refractivity contribution in [3.8, 4) is 0 Å². The van der Waals surface area contributed by atoms with Gasteiger partial charge in [-0.2, -0.15) is 0 Å². The van der Waals surface area contributed by atoms with Crippen molar-refractivity contribution in [2.24, 2.45) is 11.3 Å². The van der Waals surface area contributed by atoms with Crippen LogP contribution in [0.15, 0.2) is 0 Å². The van der Waals surface area contributed by atoms with Crippen LogP contribution in [0.1, 0.15) is 20.8 Å². The third kappa shape index (κ3) is 0.455. The Morgan fingerprint density at radius 3 is 1.62 bits per heavy atom. The predicted octanol–water partition coefficient (Wildman–Crippen LogP) is 1.43. The first-order valence-corrected chi connectivity index (χ1v) is 3.26. The molecule has 2 aliphatic rings. The zero-order valence-electron chi connectivity index (χ0n) is 5.64. The molecule has 1 saturated carbocycles. The van der Waals surface area contributed by atoms with Gasteiger partial charge in [0.05, 0.1) is 12.2 Å². The van der Waals surface area contributed by atoms with Gasteiger partial charge in [0.1, 0.15) is 0 Å². The Bertz CT molecular complexity index is 115. The molecule has 1 aliphatic carbocycles. The van der Waals surface area contributed by atoms with Gasteiger partial charge >= 0.3 is 0 Å². The standard InChI is InChI=1S/C7H12O/c1-7(2,3)4-5-6(4)8-5/h4-6H,1-3H3. The van der Waals surface area contributed by atoms with Gasteiger partial charge in [-0.25, -0.2) is 0 Å². The molecule has 0 N–H and O–H groups in total. The van der Waals surface area contributed by atoms with Gasteiger partial charge in [-0.3, -0.25) is 0 Å². The second-order valence-corrected chi connectivity index (χ2v) is 3.96. The maximum atomic E-state index is 5.14. The lowest BCUT2D eigenvalue weighted by molar-refractivity contribution is 0.134. The number of rotatable bonds is 0. The van der Waals surface area contributed by atoms with E-state index in [1.54, 1.807) is 0 Å². The molecule has 0 amide bonds. The Morgan fingerprint density at radius 1 is 1.12 bits per heavy atom. The molecule has 46 valence electrons. The third-order valence-electron chi connectivity index (χ3n) is 2.13. The summed E-state index contributed by atoms with van der Waals surface area (Å²) in [5.41, 5.74) is 0.508. The topological polar surface area (TPSA) is 12.5 Å². The summed E-state index contributed by atoms with van der Waals surface area (Å²) in [5, 5.41) is 0. The predicted molar refractivity (Wildman–Crippen MR) is 31.6 cm³/mol. The molecular formula is C7H12O. The number of epoxide rings is 1. The number of fused-ring (bicyclic) bond motifs is 1. The Labute approximate surface area is 50.0 Å². The molecule has 8 heavy (non-hydrogen) atoms. The van der Waals surface area contributed by atoms with Gasteiger partial charge in [-0.15, -0.1) is 0 Å². The van der Waals surface area contributed by atoms with E-state index in [0.717, 1.165) is 5.92 Å². The van der Waals surface area contributed by atoms with Crippen molar-refractivity contribution in [2.75, 3.05) is 0 Å². The van der Waals surface area contributed by atoms with E-state index in [-0.39, 0.29) is 0 Å². The third-order valence-corrected chi connectivity index (χ3v) is 2.13. The molecule has 0 aromatic rings. The lowest BCUT2D eigenvalue weighted by atomic mass is 9.89. The Hall–Kier alpha value is -0.0400. The van der Waals surface area contributed by atoms with Crippen molar-refractivity contribution in [1.82, 2.24) is 0 Å². The Balaban J connectivity index is 2.00. The molecule has 2 unspecified atom stereocenters. The van der Waals surface area contributed by atoms with Crippen LogP contribution in [0.2, 0.25) is 0 Å². The van der Waals surface area contributed by atoms with Crippen LogP contribution in [-0.2, 0) is 4.74 Å². The first-order chi connectivity index (χ1) is 3.61. The van der Waals surface area contributed by atoms with Crippen LogP contribution in [0.4, 0.5) is 0 Å². The van der Waals surface area contributed by atoms with E-state index in [1.807, 2.05) is 0 Å². The zero-order valence-corrected chi connectivity index (χ0v) is 5.64. The van der Waals surface area contributed by atoms with Crippen molar-refractivity contribution in [3.05, 3.63) is 0 Å². The maximum absolute atomic E-state index is 5.14. The molecule has 1 heteroatoms. The average molecular weight is 112 g/mol. The molecule has 2 rings (SSSR count). The molecule has 1 nitrogen and oxygen atoms in total. The van der Waals surface area contributed by atoms with Crippen molar-refractivity contribution in [2.45, 2.75) is 33.0 Å². The van der Waals surface area contributed by atoms with Crippen molar-refractivity contribution in [3.63, 3.8) is 0 Å². The summed E-state index contributed by atoms with van der Waals surface area (Å²) in [6.45, 7) is 6.85. The van der Waals surface area contributed by atoms with E-state index in [1.165, 1.54) is 0 Å². The van der Waals surface area contributed by atoms with E-state index in [9.17, 15) is 0 Å². The van der Waals surface area contributed by atoms with Crippen LogP contribution in [0, 0.1) is 11.3 Å². The second kappa shape index (κ2) is 0.971. The fourth-order valence-corrected chi connectivity index (χ4v) is 1.46. The minimum Gasteiger partial charge on any atom is -0.369 e. The average Bonchev–Trinajstić information content (AvgIpc) is 1.94. The highest BCUT2D eigenvalue weighted by Crippen LogP contribution is 2.61. The van der Waals surface area contributed by atoms with Gasteiger partial charge in [0.25, 0.3) is 0 Å². The molecule has 0 spiro atoms. The monoisotopic (exact) mass is 112 g/mol. The molecule has 1 aliphatic heterocycles. The molecule has 0 bridgehead atoms. The van der Waals surface area contributed by atoms with Crippen molar-refractivity contribution in [1.29, 1.82) is 0 Å². The molecule has 2 atom stereocenters. The smallest absolute Gasteiger partial charge is 0.0904 e. The number of hydrogen-bond acceptors (Lipinski definition) is 1. The fraction of sp³-hybridized carbons (Fsp3) is 1.00. The first-order valence-electron chi connectivity index (χ1n) is 3.26. The Kier molecular flexibility index (Phi) is 0.583. The summed E-state index contributed by atoms with van der Waals surface area (Å²) < 4.78 is 5.14. The van der Waals surface area contributed by atoms with Gasteiger partial charge < -0.3 is 4.74 Å². The summed E-state index contributed by atoms with van der Waals surface area (Å²) in [6, 6.07) is 0. The summed E-state index contributed by atoms with van der Waals surface area (Å²) in [7, 11) is 0. The highest BCUT2D eigenvalue weighted by molar-refractivity contribution is 5.17. The molecule has 0 aromatic carbocycles. The fourth-order valence-electron chi connectivity index (χ4n) is 1.46. The van der Waals surface area contributed by atoms with E-state index >= 15 is 0 Å². The van der Waals surface area contributed by atoms with E-state index in [2.05, 4.69) is 20.8 Å². The summed E-state index contributed by atoms with van der Waals surface area (Å²) in [4.78, 5) is 0. The van der Waals surface area contributed by atoms with Gasteiger partial charge in [0, 0.05) is 5.92 Å². The van der Waals surface area contributed by atoms with Crippen molar-refractivity contribution >= 4 is 0 Å². The quantitative estimate of drug-likeness (QED) is 0.432. The highest BCUT2D eigenvalue weighted by atomic mass is 16.6. The van der Waals surface area contributed by atoms with E-state index < -0.39 is 0 Å². The zero-order chi connectivity index (χ0) is 5.94. The van der Waals surface area contributed by atoms with Gasteiger partial charge in [0.15, 0.2) is 0 Å². The number of hydrogen-bond donors (Lipinski definition) is 0. The normalized spacial score (nSPS) is 50.6. The highest BCUT2D eigenvalue weighted by Gasteiger charge is 2.71. The van der Waals surface area contributed by atoms with Crippen LogP contribution >= 0.6 is 0 Å². The first kappa shape index (κ1) is 4.80. The summed E-state index contributed by atoms with van der Waals surface area (Å²) >= 11 is 0. The molecule has 1 heterocycles. The lowest BCUT2D eigenvalue weighted by Crippen LogP contribution is -2.16. The number of ether oxygens (including phenoxy) is 1. The van der Waals surface area contributed by atoms with Crippen LogP contribution < -0.4 is 0 Å². The molecule has 1 saturated heterocycles. The summed E-state index contributed by atoms with van der Waals surface area (Å²) in [6.07, 6.45) is 1.35. The minimum atomic E-state index is 0.508. The van der Waals surface area contributed by atoms with E-state index in [4.69, 9.17) is 4.74 Å². The maximum Gasteiger partial charge on any atom is 0.0904 e. The second-order valence-electron chi connectivity index (χ2n) is 3.96. The minimum absolute atomic E-state index is 0.508. The molecule has 2 fully saturated rings. The van der Waals surface area contributed by atoms with Gasteiger partial charge in [0.2, 0.25) is 0 Å². The molecular weight excluding hydrogens is 100 g/mol. The molecule has 0 radical (unpaired) electrons. The van der Waals surface area contributed by atoms with Crippen LogP contribution in [-0.4, -0.2) is 12.2 Å². The van der Waals surface area contributed by atoms with Crippen LogP contribution in [0.5, 0.6) is 0 Å². The largest absolute Gasteiger partial charge is 0.369 e. The van der Waals surface area contributed by atoms with E-state index in [0.29, 0.717) is 17.6 Å². The van der Waals surface area contributed by atoms with Crippen molar-refractivity contribution < 1.29 is 4.74 Å².